The number of nitrogens with zero attached hydrogens (tertiary/aromatic N) is 1. The Morgan fingerprint density at radius 2 is 2.05 bits per heavy atom. The molecule has 2 heterocycles. The zero-order valence-electron chi connectivity index (χ0n) is 10.9. The molecule has 4 nitrogen and oxygen atoms in total. The van der Waals surface area contributed by atoms with Crippen LogP contribution < -0.4 is 11.1 Å². The molecule has 1 aliphatic rings. The van der Waals surface area contributed by atoms with E-state index in [-0.39, 0.29) is 0 Å². The predicted octanol–water partition coefficient (Wildman–Crippen LogP) is 2.66. The van der Waals surface area contributed by atoms with E-state index >= 15 is 0 Å². The lowest BCUT2D eigenvalue weighted by Gasteiger charge is -2.22. The first-order chi connectivity index (χ1) is 9.31. The first kappa shape index (κ1) is 12.2. The SMILES string of the molecule is Nc1ccc2nc(NCC3CCOCC3)ccc2c1. The van der Waals surface area contributed by atoms with Crippen LogP contribution in [-0.2, 0) is 4.74 Å². The van der Waals surface area contributed by atoms with Crippen molar-refractivity contribution < 1.29 is 4.74 Å². The average molecular weight is 257 g/mol. The third kappa shape index (κ3) is 2.96. The van der Waals surface area contributed by atoms with Gasteiger partial charge in [-0.2, -0.15) is 0 Å². The normalized spacial score (nSPS) is 16.6. The van der Waals surface area contributed by atoms with Crippen LogP contribution in [0.2, 0.25) is 0 Å². The number of nitrogen functional groups attached to an aromatic ring is 1. The summed E-state index contributed by atoms with van der Waals surface area (Å²) in [4.78, 5) is 4.60. The van der Waals surface area contributed by atoms with Crippen LogP contribution in [0.5, 0.6) is 0 Å². The van der Waals surface area contributed by atoms with Crippen LogP contribution in [0.1, 0.15) is 12.8 Å². The van der Waals surface area contributed by atoms with Gasteiger partial charge in [-0.05, 0) is 49.1 Å². The summed E-state index contributed by atoms with van der Waals surface area (Å²) in [6.45, 7) is 2.74. The highest BCUT2D eigenvalue weighted by Gasteiger charge is 2.13. The van der Waals surface area contributed by atoms with E-state index in [2.05, 4.69) is 16.4 Å². The van der Waals surface area contributed by atoms with Gasteiger partial charge in [0.15, 0.2) is 0 Å². The number of nitrogens with two attached hydrogens (primary N) is 1. The number of hydrogen-bond acceptors (Lipinski definition) is 4. The van der Waals surface area contributed by atoms with Crippen LogP contribution in [0.3, 0.4) is 0 Å². The van der Waals surface area contributed by atoms with Crippen molar-refractivity contribution in [1.29, 1.82) is 0 Å². The molecule has 0 spiro atoms. The summed E-state index contributed by atoms with van der Waals surface area (Å²) in [5, 5.41) is 4.50. The molecule has 3 N–H and O–H groups in total. The fraction of sp³-hybridized carbons (Fsp3) is 0.400. The van der Waals surface area contributed by atoms with Gasteiger partial charge in [-0.3, -0.25) is 0 Å². The molecule has 0 aliphatic carbocycles. The second kappa shape index (κ2) is 5.45. The van der Waals surface area contributed by atoms with E-state index in [0.29, 0.717) is 5.92 Å². The van der Waals surface area contributed by atoms with Crippen molar-refractivity contribution >= 4 is 22.4 Å². The molecule has 3 rings (SSSR count). The third-order valence-electron chi connectivity index (χ3n) is 3.63. The van der Waals surface area contributed by atoms with Gasteiger partial charge in [-0.1, -0.05) is 0 Å². The maximum atomic E-state index is 5.76. The largest absolute Gasteiger partial charge is 0.399 e. The van der Waals surface area contributed by atoms with Crippen LogP contribution in [0.4, 0.5) is 11.5 Å². The minimum atomic E-state index is 0.692. The molecule has 1 aromatic heterocycles. The van der Waals surface area contributed by atoms with E-state index in [9.17, 15) is 0 Å². The minimum Gasteiger partial charge on any atom is -0.399 e. The van der Waals surface area contributed by atoms with E-state index in [0.717, 1.165) is 55.0 Å². The highest BCUT2D eigenvalue weighted by Crippen LogP contribution is 2.19. The molecular formula is C15H19N3O. The lowest BCUT2D eigenvalue weighted by molar-refractivity contribution is 0.0699. The maximum absolute atomic E-state index is 5.76. The molecule has 1 aromatic carbocycles. The fourth-order valence-corrected chi connectivity index (χ4v) is 2.44. The van der Waals surface area contributed by atoms with Gasteiger partial charge >= 0.3 is 0 Å². The number of anilines is 2. The quantitative estimate of drug-likeness (QED) is 0.830. The van der Waals surface area contributed by atoms with Crippen molar-refractivity contribution in [3.8, 4) is 0 Å². The zero-order valence-corrected chi connectivity index (χ0v) is 10.9. The molecule has 0 amide bonds. The van der Waals surface area contributed by atoms with Gasteiger partial charge in [0.05, 0.1) is 5.52 Å². The summed E-state index contributed by atoms with van der Waals surface area (Å²) < 4.78 is 5.37. The summed E-state index contributed by atoms with van der Waals surface area (Å²) in [6, 6.07) is 9.87. The van der Waals surface area contributed by atoms with Gasteiger partial charge in [-0.25, -0.2) is 4.98 Å². The zero-order chi connectivity index (χ0) is 13.1. The number of hydrogen-bond donors (Lipinski definition) is 2. The molecule has 0 saturated carbocycles. The van der Waals surface area contributed by atoms with Crippen molar-refractivity contribution in [1.82, 2.24) is 4.98 Å². The first-order valence-electron chi connectivity index (χ1n) is 6.79. The van der Waals surface area contributed by atoms with Gasteiger partial charge in [0, 0.05) is 30.8 Å². The third-order valence-corrected chi connectivity index (χ3v) is 3.63. The fourth-order valence-electron chi connectivity index (χ4n) is 2.44. The molecule has 19 heavy (non-hydrogen) atoms. The summed E-state index contributed by atoms with van der Waals surface area (Å²) in [7, 11) is 0. The minimum absolute atomic E-state index is 0.692. The van der Waals surface area contributed by atoms with Crippen molar-refractivity contribution in [3.63, 3.8) is 0 Å². The van der Waals surface area contributed by atoms with Crippen LogP contribution in [0, 0.1) is 5.92 Å². The van der Waals surface area contributed by atoms with Crippen LogP contribution in [0.15, 0.2) is 30.3 Å². The number of fused-ring (bicyclic) bond motifs is 1. The molecule has 1 saturated heterocycles. The highest BCUT2D eigenvalue weighted by molar-refractivity contribution is 5.83. The Morgan fingerprint density at radius 1 is 1.21 bits per heavy atom. The molecule has 0 bridgehead atoms. The van der Waals surface area contributed by atoms with Gasteiger partial charge in [-0.15, -0.1) is 0 Å². The molecule has 0 atom stereocenters. The Kier molecular flexibility index (Phi) is 3.51. The second-order valence-corrected chi connectivity index (χ2v) is 5.09. The number of aromatic nitrogens is 1. The monoisotopic (exact) mass is 257 g/mol. The predicted molar refractivity (Wildman–Crippen MR) is 78.2 cm³/mol. The number of pyridine rings is 1. The van der Waals surface area contributed by atoms with Crippen LogP contribution in [-0.4, -0.2) is 24.7 Å². The molecular weight excluding hydrogens is 238 g/mol. The van der Waals surface area contributed by atoms with Crippen molar-refractivity contribution in [2.24, 2.45) is 5.92 Å². The Hall–Kier alpha value is -1.81. The lowest BCUT2D eigenvalue weighted by Crippen LogP contribution is -2.22. The summed E-state index contributed by atoms with van der Waals surface area (Å²) in [5.41, 5.74) is 7.52. The van der Waals surface area contributed by atoms with Gasteiger partial charge in [0.2, 0.25) is 0 Å². The second-order valence-electron chi connectivity index (χ2n) is 5.09. The highest BCUT2D eigenvalue weighted by atomic mass is 16.5. The van der Waals surface area contributed by atoms with Crippen molar-refractivity contribution in [2.75, 3.05) is 30.8 Å². The van der Waals surface area contributed by atoms with Gasteiger partial charge in [0.25, 0.3) is 0 Å². The smallest absolute Gasteiger partial charge is 0.126 e. The average Bonchev–Trinajstić information content (AvgIpc) is 2.46. The number of benzene rings is 1. The Balaban J connectivity index is 1.69. The van der Waals surface area contributed by atoms with Crippen LogP contribution >= 0.6 is 0 Å². The van der Waals surface area contributed by atoms with Crippen molar-refractivity contribution in [3.05, 3.63) is 30.3 Å². The topological polar surface area (TPSA) is 60.2 Å². The molecule has 0 unspecified atom stereocenters. The van der Waals surface area contributed by atoms with E-state index in [4.69, 9.17) is 10.5 Å². The van der Waals surface area contributed by atoms with Gasteiger partial charge < -0.3 is 15.8 Å². The number of ether oxygens (including phenoxy) is 1. The van der Waals surface area contributed by atoms with E-state index in [1.54, 1.807) is 0 Å². The molecule has 4 heteroatoms. The van der Waals surface area contributed by atoms with Gasteiger partial charge in [0.1, 0.15) is 5.82 Å². The lowest BCUT2D eigenvalue weighted by atomic mass is 10.0. The molecule has 1 aliphatic heterocycles. The molecule has 100 valence electrons. The van der Waals surface area contributed by atoms with Crippen LogP contribution in [0.25, 0.3) is 10.9 Å². The summed E-state index contributed by atoms with van der Waals surface area (Å²) >= 11 is 0. The Morgan fingerprint density at radius 3 is 2.89 bits per heavy atom. The van der Waals surface area contributed by atoms with E-state index in [1.807, 2.05) is 24.3 Å². The van der Waals surface area contributed by atoms with Crippen molar-refractivity contribution in [2.45, 2.75) is 12.8 Å². The number of rotatable bonds is 3. The standard InChI is InChI=1S/C15H19N3O/c16-13-2-3-14-12(9-13)1-4-15(18-14)17-10-11-5-7-19-8-6-11/h1-4,9,11H,5-8,10,16H2,(H,17,18). The Labute approximate surface area is 113 Å². The maximum Gasteiger partial charge on any atom is 0.126 e. The van der Waals surface area contributed by atoms with E-state index < -0.39 is 0 Å². The summed E-state index contributed by atoms with van der Waals surface area (Å²) in [5.74, 6) is 1.63. The number of nitrogens with one attached hydrogen (secondary N) is 1. The molecule has 2 aromatic rings. The molecule has 1 fully saturated rings. The first-order valence-corrected chi connectivity index (χ1v) is 6.79. The Bertz CT molecular complexity index is 564. The van der Waals surface area contributed by atoms with E-state index in [1.165, 1.54) is 0 Å². The molecule has 0 radical (unpaired) electrons. The summed E-state index contributed by atoms with van der Waals surface area (Å²) in [6.07, 6.45) is 2.27.